The molecule has 122 valence electrons. The van der Waals surface area contributed by atoms with E-state index in [9.17, 15) is 12.8 Å². The largest absolute Gasteiger partial charge is 0.490 e. The van der Waals surface area contributed by atoms with Gasteiger partial charge in [0, 0.05) is 12.5 Å². The molecule has 1 N–H and O–H groups in total. The van der Waals surface area contributed by atoms with Crippen LogP contribution in [0, 0.1) is 5.82 Å². The highest BCUT2D eigenvalue weighted by Gasteiger charge is 2.19. The minimum absolute atomic E-state index is 0.0159. The minimum Gasteiger partial charge on any atom is -0.490 e. The van der Waals surface area contributed by atoms with Crippen molar-refractivity contribution < 1.29 is 22.3 Å². The van der Waals surface area contributed by atoms with E-state index in [4.69, 9.17) is 21.1 Å². The SMILES string of the molecule is O=S(=O)(Nc1ccc(F)c(Cl)c1)c1ccc2c(c1)OCCCO2. The van der Waals surface area contributed by atoms with E-state index in [-0.39, 0.29) is 15.6 Å². The van der Waals surface area contributed by atoms with Crippen LogP contribution in [0.2, 0.25) is 5.02 Å². The number of halogens is 2. The lowest BCUT2D eigenvalue weighted by Gasteiger charge is -2.11. The smallest absolute Gasteiger partial charge is 0.262 e. The van der Waals surface area contributed by atoms with E-state index in [0.717, 1.165) is 12.5 Å². The van der Waals surface area contributed by atoms with Crippen LogP contribution in [0.5, 0.6) is 11.5 Å². The standard InChI is InChI=1S/C15H13ClFNO4S/c16-12-8-10(2-4-13(12)17)18-23(19,20)11-3-5-14-15(9-11)22-7-1-6-21-14/h2-5,8-9,18H,1,6-7H2. The predicted octanol–water partition coefficient (Wildman–Crippen LogP) is 3.44. The summed E-state index contributed by atoms with van der Waals surface area (Å²) in [6.45, 7) is 0.975. The summed E-state index contributed by atoms with van der Waals surface area (Å²) in [6.07, 6.45) is 0.725. The van der Waals surface area contributed by atoms with Crippen molar-refractivity contribution in [2.24, 2.45) is 0 Å². The Morgan fingerprint density at radius 2 is 1.78 bits per heavy atom. The second-order valence-electron chi connectivity index (χ2n) is 4.89. The third kappa shape index (κ3) is 3.51. The number of ether oxygens (including phenoxy) is 2. The zero-order valence-corrected chi connectivity index (χ0v) is 13.5. The third-order valence-corrected chi connectivity index (χ3v) is 4.87. The van der Waals surface area contributed by atoms with Gasteiger partial charge in [0.05, 0.1) is 28.8 Å². The van der Waals surface area contributed by atoms with Gasteiger partial charge in [-0.05, 0) is 30.3 Å². The predicted molar refractivity (Wildman–Crippen MR) is 84.3 cm³/mol. The number of fused-ring (bicyclic) bond motifs is 1. The lowest BCUT2D eigenvalue weighted by atomic mass is 10.3. The Hall–Kier alpha value is -1.99. The molecule has 1 aliphatic rings. The van der Waals surface area contributed by atoms with Crippen molar-refractivity contribution in [1.29, 1.82) is 0 Å². The number of anilines is 1. The Bertz CT molecular complexity index is 841. The van der Waals surface area contributed by atoms with E-state index in [0.29, 0.717) is 24.7 Å². The summed E-state index contributed by atoms with van der Waals surface area (Å²) < 4.78 is 51.3. The average molecular weight is 358 g/mol. The van der Waals surface area contributed by atoms with Crippen LogP contribution in [0.1, 0.15) is 6.42 Å². The maximum absolute atomic E-state index is 13.1. The Morgan fingerprint density at radius 3 is 2.52 bits per heavy atom. The summed E-state index contributed by atoms with van der Waals surface area (Å²) in [5, 5.41) is -0.163. The van der Waals surface area contributed by atoms with E-state index >= 15 is 0 Å². The molecule has 0 saturated carbocycles. The van der Waals surface area contributed by atoms with E-state index in [2.05, 4.69) is 4.72 Å². The summed E-state index contributed by atoms with van der Waals surface area (Å²) in [6, 6.07) is 7.95. The highest BCUT2D eigenvalue weighted by molar-refractivity contribution is 7.92. The Balaban J connectivity index is 1.90. The lowest BCUT2D eigenvalue weighted by molar-refractivity contribution is 0.297. The zero-order chi connectivity index (χ0) is 16.4. The second-order valence-corrected chi connectivity index (χ2v) is 6.98. The van der Waals surface area contributed by atoms with Gasteiger partial charge < -0.3 is 9.47 Å². The van der Waals surface area contributed by atoms with Crippen molar-refractivity contribution in [2.75, 3.05) is 17.9 Å². The molecular formula is C15H13ClFNO4S. The highest BCUT2D eigenvalue weighted by atomic mass is 35.5. The third-order valence-electron chi connectivity index (χ3n) is 3.20. The van der Waals surface area contributed by atoms with Gasteiger partial charge in [0.2, 0.25) is 0 Å². The lowest BCUT2D eigenvalue weighted by Crippen LogP contribution is -2.13. The fraction of sp³-hybridized carbons (Fsp3) is 0.200. The fourth-order valence-corrected chi connectivity index (χ4v) is 3.33. The number of sulfonamides is 1. The Kier molecular flexibility index (Phi) is 4.32. The number of hydrogen-bond acceptors (Lipinski definition) is 4. The van der Waals surface area contributed by atoms with E-state index in [1.54, 1.807) is 6.07 Å². The summed E-state index contributed by atoms with van der Waals surface area (Å²) >= 11 is 5.66. The topological polar surface area (TPSA) is 64.6 Å². The van der Waals surface area contributed by atoms with Crippen LogP contribution in [0.25, 0.3) is 0 Å². The molecule has 0 amide bonds. The van der Waals surface area contributed by atoms with Crippen LogP contribution in [0.3, 0.4) is 0 Å². The molecule has 3 rings (SSSR count). The van der Waals surface area contributed by atoms with Crippen molar-refractivity contribution in [3.05, 3.63) is 47.2 Å². The monoisotopic (exact) mass is 357 g/mol. The van der Waals surface area contributed by atoms with Crippen LogP contribution >= 0.6 is 11.6 Å². The first-order valence-corrected chi connectivity index (χ1v) is 8.69. The Labute approximate surface area is 138 Å². The first kappa shape index (κ1) is 15.9. The van der Waals surface area contributed by atoms with Crippen molar-refractivity contribution in [1.82, 2.24) is 0 Å². The maximum atomic E-state index is 13.1. The molecule has 0 aromatic heterocycles. The van der Waals surface area contributed by atoms with Crippen LogP contribution in [0.4, 0.5) is 10.1 Å². The van der Waals surface area contributed by atoms with Gasteiger partial charge in [0.25, 0.3) is 10.0 Å². The molecule has 0 unspecified atom stereocenters. The first-order chi connectivity index (χ1) is 11.0. The molecule has 8 heteroatoms. The Morgan fingerprint density at radius 1 is 1.04 bits per heavy atom. The van der Waals surface area contributed by atoms with E-state index in [1.165, 1.54) is 24.3 Å². The maximum Gasteiger partial charge on any atom is 0.262 e. The van der Waals surface area contributed by atoms with Crippen LogP contribution in [-0.2, 0) is 10.0 Å². The number of hydrogen-bond donors (Lipinski definition) is 1. The zero-order valence-electron chi connectivity index (χ0n) is 11.9. The van der Waals surface area contributed by atoms with Crippen molar-refractivity contribution >= 4 is 27.3 Å². The highest BCUT2D eigenvalue weighted by Crippen LogP contribution is 2.32. The molecule has 2 aromatic carbocycles. The molecular weight excluding hydrogens is 345 g/mol. The number of rotatable bonds is 3. The van der Waals surface area contributed by atoms with Gasteiger partial charge in [-0.3, -0.25) is 4.72 Å². The average Bonchev–Trinajstić information content (AvgIpc) is 2.75. The molecule has 0 radical (unpaired) electrons. The molecule has 23 heavy (non-hydrogen) atoms. The van der Waals surface area contributed by atoms with Gasteiger partial charge in [0.1, 0.15) is 5.82 Å². The fourth-order valence-electron chi connectivity index (χ4n) is 2.08. The molecule has 0 fully saturated rings. The molecule has 0 spiro atoms. The van der Waals surface area contributed by atoms with Gasteiger partial charge in [-0.2, -0.15) is 0 Å². The van der Waals surface area contributed by atoms with Gasteiger partial charge in [-0.1, -0.05) is 11.6 Å². The van der Waals surface area contributed by atoms with Gasteiger partial charge in [-0.15, -0.1) is 0 Å². The van der Waals surface area contributed by atoms with Crippen molar-refractivity contribution in [2.45, 2.75) is 11.3 Å². The quantitative estimate of drug-likeness (QED) is 0.913. The molecule has 0 aliphatic carbocycles. The number of benzene rings is 2. The van der Waals surface area contributed by atoms with Gasteiger partial charge in [-0.25, -0.2) is 12.8 Å². The first-order valence-electron chi connectivity index (χ1n) is 6.83. The molecule has 1 aliphatic heterocycles. The van der Waals surface area contributed by atoms with Crippen molar-refractivity contribution in [3.63, 3.8) is 0 Å². The summed E-state index contributed by atoms with van der Waals surface area (Å²) in [5.74, 6) is 0.263. The van der Waals surface area contributed by atoms with Crippen LogP contribution in [-0.4, -0.2) is 21.6 Å². The molecule has 2 aromatic rings. The van der Waals surface area contributed by atoms with Gasteiger partial charge in [0.15, 0.2) is 11.5 Å². The minimum atomic E-state index is -3.85. The molecule has 5 nitrogen and oxygen atoms in total. The van der Waals surface area contributed by atoms with Crippen molar-refractivity contribution in [3.8, 4) is 11.5 Å². The molecule has 1 heterocycles. The summed E-state index contributed by atoms with van der Waals surface area (Å²) in [4.78, 5) is 0.0159. The normalized spacial score (nSPS) is 14.2. The van der Waals surface area contributed by atoms with Crippen LogP contribution < -0.4 is 14.2 Å². The molecule has 0 saturated heterocycles. The molecule has 0 atom stereocenters. The summed E-state index contributed by atoms with van der Waals surface area (Å²) in [5.41, 5.74) is 0.170. The number of nitrogens with one attached hydrogen (secondary N) is 1. The second kappa shape index (κ2) is 6.25. The van der Waals surface area contributed by atoms with Gasteiger partial charge >= 0.3 is 0 Å². The summed E-state index contributed by atoms with van der Waals surface area (Å²) in [7, 11) is -3.85. The van der Waals surface area contributed by atoms with E-state index in [1.807, 2.05) is 0 Å². The van der Waals surface area contributed by atoms with Crippen LogP contribution in [0.15, 0.2) is 41.3 Å². The van der Waals surface area contributed by atoms with E-state index < -0.39 is 15.8 Å². The molecule has 0 bridgehead atoms.